The van der Waals surface area contributed by atoms with Gasteiger partial charge in [0.1, 0.15) is 5.75 Å². The molecule has 2 aromatic rings. The number of fused-ring (bicyclic) bond motifs is 1. The average Bonchev–Trinajstić information content (AvgIpc) is 2.67. The monoisotopic (exact) mass is 281 g/mol. The van der Waals surface area contributed by atoms with E-state index in [0.717, 1.165) is 21.0 Å². The van der Waals surface area contributed by atoms with E-state index in [1.807, 2.05) is 18.2 Å². The zero-order valence-corrected chi connectivity index (χ0v) is 10.5. The van der Waals surface area contributed by atoms with Gasteiger partial charge in [-0.3, -0.25) is 0 Å². The van der Waals surface area contributed by atoms with Crippen LogP contribution in [0.25, 0.3) is 10.2 Å². The Kier molecular flexibility index (Phi) is 3.24. The minimum Gasteiger partial charge on any atom is -0.497 e. The van der Waals surface area contributed by atoms with Crippen LogP contribution >= 0.6 is 27.3 Å². The molecule has 0 aliphatic carbocycles. The number of benzene rings is 1. The van der Waals surface area contributed by atoms with Crippen molar-refractivity contribution < 1.29 is 4.74 Å². The Balaban J connectivity index is 2.46. The topological polar surface area (TPSA) is 22.1 Å². The molecule has 4 heteroatoms. The number of hydrogen-bond acceptors (Lipinski definition) is 3. The first-order valence-electron chi connectivity index (χ1n) is 4.33. The summed E-state index contributed by atoms with van der Waals surface area (Å²) in [4.78, 5) is 4.39. The van der Waals surface area contributed by atoms with Crippen LogP contribution in [0.4, 0.5) is 0 Å². The summed E-state index contributed by atoms with van der Waals surface area (Å²) in [5.74, 6) is 6.78. The Bertz CT molecular complexity index is 538. The fourth-order valence-corrected chi connectivity index (χ4v) is 2.20. The van der Waals surface area contributed by atoms with Gasteiger partial charge in [0.2, 0.25) is 0 Å². The predicted octanol–water partition coefficient (Wildman–Crippen LogP) is 3.05. The van der Waals surface area contributed by atoms with E-state index in [-0.39, 0.29) is 0 Å². The van der Waals surface area contributed by atoms with Crippen molar-refractivity contribution in [2.75, 3.05) is 12.4 Å². The minimum absolute atomic E-state index is 0.673. The lowest BCUT2D eigenvalue weighted by molar-refractivity contribution is 0.415. The zero-order chi connectivity index (χ0) is 10.7. The van der Waals surface area contributed by atoms with E-state index < -0.39 is 0 Å². The molecule has 0 amide bonds. The van der Waals surface area contributed by atoms with E-state index in [4.69, 9.17) is 4.74 Å². The van der Waals surface area contributed by atoms with E-state index in [0.29, 0.717) is 5.33 Å². The highest BCUT2D eigenvalue weighted by Crippen LogP contribution is 2.25. The number of hydrogen-bond donors (Lipinski definition) is 0. The van der Waals surface area contributed by atoms with E-state index in [1.54, 1.807) is 18.4 Å². The van der Waals surface area contributed by atoms with Crippen molar-refractivity contribution in [3.63, 3.8) is 0 Å². The summed E-state index contributed by atoms with van der Waals surface area (Å²) in [7, 11) is 1.66. The van der Waals surface area contributed by atoms with Crippen molar-refractivity contribution in [3.05, 3.63) is 23.2 Å². The van der Waals surface area contributed by atoms with Crippen LogP contribution in [0.1, 0.15) is 5.01 Å². The third-order valence-corrected chi connectivity index (χ3v) is 3.07. The lowest BCUT2D eigenvalue weighted by Crippen LogP contribution is -1.80. The standard InChI is InChI=1S/C11H8BrNOS/c1-14-8-4-5-9-10(7-8)15-11(13-9)3-2-6-12/h4-5,7H,6H2,1H3. The van der Waals surface area contributed by atoms with Crippen molar-refractivity contribution in [2.45, 2.75) is 0 Å². The molecule has 0 aliphatic heterocycles. The predicted molar refractivity (Wildman–Crippen MR) is 66.8 cm³/mol. The molecule has 1 heterocycles. The molecular formula is C11H8BrNOS. The van der Waals surface area contributed by atoms with Crippen LogP contribution in [0, 0.1) is 11.8 Å². The van der Waals surface area contributed by atoms with Crippen LogP contribution < -0.4 is 4.74 Å². The molecule has 2 rings (SSSR count). The molecule has 0 unspecified atom stereocenters. The maximum atomic E-state index is 5.15. The Morgan fingerprint density at radius 2 is 2.40 bits per heavy atom. The minimum atomic E-state index is 0.673. The van der Waals surface area contributed by atoms with E-state index in [1.165, 1.54) is 0 Å². The second-order valence-corrected chi connectivity index (χ2v) is 4.38. The van der Waals surface area contributed by atoms with Crippen LogP contribution in [0.5, 0.6) is 5.75 Å². The second kappa shape index (κ2) is 4.65. The summed E-state index contributed by atoms with van der Waals surface area (Å²) in [6, 6.07) is 5.83. The number of methoxy groups -OCH3 is 1. The van der Waals surface area contributed by atoms with Gasteiger partial charge >= 0.3 is 0 Å². The molecule has 2 nitrogen and oxygen atoms in total. The second-order valence-electron chi connectivity index (χ2n) is 2.79. The summed E-state index contributed by atoms with van der Waals surface area (Å²) >= 11 is 4.84. The SMILES string of the molecule is COc1ccc2nc(C#CCBr)sc2c1. The highest BCUT2D eigenvalue weighted by Gasteiger charge is 2.02. The average molecular weight is 282 g/mol. The van der Waals surface area contributed by atoms with Gasteiger partial charge in [-0.15, -0.1) is 11.3 Å². The van der Waals surface area contributed by atoms with Gasteiger partial charge < -0.3 is 4.74 Å². The van der Waals surface area contributed by atoms with E-state index in [9.17, 15) is 0 Å². The van der Waals surface area contributed by atoms with Gasteiger partial charge in [-0.2, -0.15) is 0 Å². The third kappa shape index (κ3) is 2.31. The molecule has 0 bridgehead atoms. The van der Waals surface area contributed by atoms with Crippen molar-refractivity contribution in [1.29, 1.82) is 0 Å². The number of thiazole rings is 1. The van der Waals surface area contributed by atoms with Crippen molar-refractivity contribution in [2.24, 2.45) is 0 Å². The van der Waals surface area contributed by atoms with Crippen molar-refractivity contribution in [3.8, 4) is 17.6 Å². The Labute approximate surface area is 100 Å². The molecule has 0 atom stereocenters. The Morgan fingerprint density at radius 1 is 1.53 bits per heavy atom. The molecule has 0 N–H and O–H groups in total. The van der Waals surface area contributed by atoms with Crippen LogP contribution in [-0.2, 0) is 0 Å². The first kappa shape index (κ1) is 10.5. The van der Waals surface area contributed by atoms with Crippen LogP contribution in [0.15, 0.2) is 18.2 Å². The molecule has 15 heavy (non-hydrogen) atoms. The summed E-state index contributed by atoms with van der Waals surface area (Å²) < 4.78 is 6.25. The molecule has 0 fully saturated rings. The molecular weight excluding hydrogens is 274 g/mol. The third-order valence-electron chi connectivity index (χ3n) is 1.86. The Morgan fingerprint density at radius 3 is 3.13 bits per heavy atom. The number of ether oxygens (including phenoxy) is 1. The normalized spacial score (nSPS) is 9.73. The van der Waals surface area contributed by atoms with Gasteiger partial charge in [-0.1, -0.05) is 21.9 Å². The van der Waals surface area contributed by atoms with Gasteiger partial charge in [0, 0.05) is 0 Å². The van der Waals surface area contributed by atoms with Crippen LogP contribution in [0.3, 0.4) is 0 Å². The van der Waals surface area contributed by atoms with E-state index in [2.05, 4.69) is 32.8 Å². The number of aromatic nitrogens is 1. The van der Waals surface area contributed by atoms with Gasteiger partial charge in [0.15, 0.2) is 5.01 Å². The first-order valence-corrected chi connectivity index (χ1v) is 6.26. The maximum Gasteiger partial charge on any atom is 0.168 e. The molecule has 0 aliphatic rings. The smallest absolute Gasteiger partial charge is 0.168 e. The van der Waals surface area contributed by atoms with Crippen molar-refractivity contribution in [1.82, 2.24) is 4.98 Å². The molecule has 0 saturated heterocycles. The number of nitrogens with zero attached hydrogens (tertiary/aromatic N) is 1. The maximum absolute atomic E-state index is 5.15. The van der Waals surface area contributed by atoms with Crippen LogP contribution in [0.2, 0.25) is 0 Å². The van der Waals surface area contributed by atoms with E-state index >= 15 is 0 Å². The lowest BCUT2D eigenvalue weighted by Gasteiger charge is -1.96. The summed E-state index contributed by atoms with van der Waals surface area (Å²) in [6.45, 7) is 0. The largest absolute Gasteiger partial charge is 0.497 e. The fourth-order valence-electron chi connectivity index (χ4n) is 1.19. The summed E-state index contributed by atoms with van der Waals surface area (Å²) in [5.41, 5.74) is 0.972. The van der Waals surface area contributed by atoms with Crippen LogP contribution in [-0.4, -0.2) is 17.4 Å². The van der Waals surface area contributed by atoms with Gasteiger partial charge in [0.05, 0.1) is 22.7 Å². The molecule has 1 aromatic heterocycles. The molecule has 0 radical (unpaired) electrons. The highest BCUT2D eigenvalue weighted by atomic mass is 79.9. The fraction of sp³-hybridized carbons (Fsp3) is 0.182. The lowest BCUT2D eigenvalue weighted by atomic mass is 10.3. The first-order chi connectivity index (χ1) is 7.33. The zero-order valence-electron chi connectivity index (χ0n) is 8.08. The molecule has 1 aromatic carbocycles. The summed E-state index contributed by atoms with van der Waals surface area (Å²) in [6.07, 6.45) is 0. The van der Waals surface area contributed by atoms with Gasteiger partial charge in [-0.25, -0.2) is 4.98 Å². The van der Waals surface area contributed by atoms with Gasteiger partial charge in [0.25, 0.3) is 0 Å². The molecule has 0 spiro atoms. The summed E-state index contributed by atoms with van der Waals surface area (Å²) in [5, 5.41) is 1.52. The molecule has 0 saturated carbocycles. The van der Waals surface area contributed by atoms with Crippen molar-refractivity contribution >= 4 is 37.5 Å². The van der Waals surface area contributed by atoms with Gasteiger partial charge in [-0.05, 0) is 24.1 Å². The Hall–Kier alpha value is -1.05. The number of alkyl halides is 1. The molecule has 76 valence electrons. The number of rotatable bonds is 1. The quantitative estimate of drug-likeness (QED) is 0.592. The number of halogens is 1. The highest BCUT2D eigenvalue weighted by molar-refractivity contribution is 9.09.